The van der Waals surface area contributed by atoms with E-state index in [0.717, 1.165) is 13.1 Å². The predicted octanol–water partition coefficient (Wildman–Crippen LogP) is 1.68. The first-order valence-corrected chi connectivity index (χ1v) is 9.80. The SMILES string of the molecule is COc1ccc(C(=O)N[C@H](C(=O)NCC(C)(C)N2CCOCC2)C(C)C)cc1. The van der Waals surface area contributed by atoms with Crippen molar-refractivity contribution in [2.75, 3.05) is 40.0 Å². The molecule has 0 saturated carbocycles. The first-order valence-electron chi connectivity index (χ1n) is 9.80. The third kappa shape index (κ3) is 5.94. The molecular weight excluding hydrogens is 358 g/mol. The number of rotatable bonds is 8. The van der Waals surface area contributed by atoms with Crippen LogP contribution in [-0.4, -0.2) is 68.3 Å². The van der Waals surface area contributed by atoms with Crippen molar-refractivity contribution in [2.24, 2.45) is 5.92 Å². The second-order valence-corrected chi connectivity index (χ2v) is 8.05. The molecule has 0 aliphatic carbocycles. The van der Waals surface area contributed by atoms with E-state index >= 15 is 0 Å². The molecule has 2 amide bonds. The third-order valence-electron chi connectivity index (χ3n) is 5.15. The number of nitrogens with one attached hydrogen (secondary N) is 2. The molecule has 1 aromatic rings. The fraction of sp³-hybridized carbons (Fsp3) is 0.619. The Labute approximate surface area is 167 Å². The van der Waals surface area contributed by atoms with Gasteiger partial charge in [0.05, 0.1) is 20.3 Å². The van der Waals surface area contributed by atoms with Crippen LogP contribution in [0.3, 0.4) is 0 Å². The summed E-state index contributed by atoms with van der Waals surface area (Å²) in [5, 5.41) is 5.88. The molecule has 1 aromatic carbocycles. The molecule has 2 rings (SSSR count). The van der Waals surface area contributed by atoms with Crippen LogP contribution in [0.1, 0.15) is 38.1 Å². The van der Waals surface area contributed by atoms with Crippen molar-refractivity contribution in [3.8, 4) is 5.75 Å². The van der Waals surface area contributed by atoms with E-state index < -0.39 is 6.04 Å². The Morgan fingerprint density at radius 1 is 1.18 bits per heavy atom. The van der Waals surface area contributed by atoms with E-state index in [1.165, 1.54) is 0 Å². The van der Waals surface area contributed by atoms with Gasteiger partial charge < -0.3 is 20.1 Å². The average molecular weight is 392 g/mol. The zero-order valence-electron chi connectivity index (χ0n) is 17.6. The molecule has 0 radical (unpaired) electrons. The number of hydrogen-bond donors (Lipinski definition) is 2. The molecular formula is C21H33N3O4. The highest BCUT2D eigenvalue weighted by Gasteiger charge is 2.31. The topological polar surface area (TPSA) is 79.9 Å². The van der Waals surface area contributed by atoms with Crippen LogP contribution in [0.5, 0.6) is 5.75 Å². The minimum atomic E-state index is -0.602. The van der Waals surface area contributed by atoms with Crippen LogP contribution in [0.25, 0.3) is 0 Å². The molecule has 1 atom stereocenters. The molecule has 28 heavy (non-hydrogen) atoms. The lowest BCUT2D eigenvalue weighted by Gasteiger charge is -2.41. The summed E-state index contributed by atoms with van der Waals surface area (Å²) in [6.45, 7) is 11.7. The molecule has 1 saturated heterocycles. The van der Waals surface area contributed by atoms with Crippen LogP contribution in [0.2, 0.25) is 0 Å². The molecule has 0 spiro atoms. The van der Waals surface area contributed by atoms with Crippen LogP contribution >= 0.6 is 0 Å². The van der Waals surface area contributed by atoms with Crippen molar-refractivity contribution in [3.05, 3.63) is 29.8 Å². The maximum absolute atomic E-state index is 12.8. The molecule has 0 bridgehead atoms. The standard InChI is InChI=1S/C21H33N3O4/c1-15(2)18(23-19(25)16-6-8-17(27-5)9-7-16)20(26)22-14-21(3,4)24-10-12-28-13-11-24/h6-9,15,18H,10-14H2,1-5H3,(H,22,26)(H,23,25)/t18-/m0/s1. The number of methoxy groups -OCH3 is 1. The Morgan fingerprint density at radius 2 is 1.79 bits per heavy atom. The lowest BCUT2D eigenvalue weighted by atomic mass is 9.99. The number of nitrogens with zero attached hydrogens (tertiary/aromatic N) is 1. The lowest BCUT2D eigenvalue weighted by Crippen LogP contribution is -2.58. The largest absolute Gasteiger partial charge is 0.497 e. The maximum Gasteiger partial charge on any atom is 0.251 e. The molecule has 0 unspecified atom stereocenters. The van der Waals surface area contributed by atoms with Crippen LogP contribution in [0.4, 0.5) is 0 Å². The Kier molecular flexibility index (Phi) is 7.83. The van der Waals surface area contributed by atoms with Crippen LogP contribution < -0.4 is 15.4 Å². The molecule has 1 aliphatic heterocycles. The van der Waals surface area contributed by atoms with Gasteiger partial charge in [0.1, 0.15) is 11.8 Å². The number of carbonyl (C=O) groups excluding carboxylic acids is 2. The van der Waals surface area contributed by atoms with Gasteiger partial charge in [0, 0.05) is 30.7 Å². The number of hydrogen-bond acceptors (Lipinski definition) is 5. The van der Waals surface area contributed by atoms with Crippen LogP contribution in [0.15, 0.2) is 24.3 Å². The third-order valence-corrected chi connectivity index (χ3v) is 5.15. The molecule has 1 aliphatic rings. The summed E-state index contributed by atoms with van der Waals surface area (Å²) in [6, 6.07) is 6.22. The van der Waals surface area contributed by atoms with Crippen molar-refractivity contribution >= 4 is 11.8 Å². The smallest absolute Gasteiger partial charge is 0.251 e. The lowest BCUT2D eigenvalue weighted by molar-refractivity contribution is -0.124. The van der Waals surface area contributed by atoms with Crippen molar-refractivity contribution in [1.29, 1.82) is 0 Å². The van der Waals surface area contributed by atoms with Gasteiger partial charge in [0.15, 0.2) is 0 Å². The van der Waals surface area contributed by atoms with Gasteiger partial charge >= 0.3 is 0 Å². The Bertz CT molecular complexity index is 652. The zero-order chi connectivity index (χ0) is 20.7. The molecule has 1 fully saturated rings. The van der Waals surface area contributed by atoms with Crippen molar-refractivity contribution in [2.45, 2.75) is 39.3 Å². The van der Waals surface area contributed by atoms with Gasteiger partial charge in [-0.1, -0.05) is 13.8 Å². The molecule has 0 aromatic heterocycles. The summed E-state index contributed by atoms with van der Waals surface area (Å²) in [6.07, 6.45) is 0. The van der Waals surface area contributed by atoms with Gasteiger partial charge in [-0.2, -0.15) is 0 Å². The second-order valence-electron chi connectivity index (χ2n) is 8.05. The second kappa shape index (κ2) is 9.89. The first kappa shape index (κ1) is 22.2. The van der Waals surface area contributed by atoms with E-state index in [-0.39, 0.29) is 23.3 Å². The quantitative estimate of drug-likeness (QED) is 0.705. The fourth-order valence-corrected chi connectivity index (χ4v) is 3.20. The minimum absolute atomic E-state index is 0.0336. The predicted molar refractivity (Wildman–Crippen MR) is 109 cm³/mol. The summed E-state index contributed by atoms with van der Waals surface area (Å²) < 4.78 is 10.5. The van der Waals surface area contributed by atoms with Crippen molar-refractivity contribution < 1.29 is 19.1 Å². The van der Waals surface area contributed by atoms with Gasteiger partial charge in [-0.25, -0.2) is 0 Å². The van der Waals surface area contributed by atoms with Gasteiger partial charge in [0.2, 0.25) is 5.91 Å². The van der Waals surface area contributed by atoms with E-state index in [1.54, 1.807) is 31.4 Å². The highest BCUT2D eigenvalue weighted by molar-refractivity contribution is 5.97. The number of morpholine rings is 1. The summed E-state index contributed by atoms with van der Waals surface area (Å²) in [4.78, 5) is 27.7. The van der Waals surface area contributed by atoms with E-state index in [2.05, 4.69) is 29.4 Å². The van der Waals surface area contributed by atoms with E-state index in [1.807, 2.05) is 13.8 Å². The Balaban J connectivity index is 1.95. The van der Waals surface area contributed by atoms with Crippen molar-refractivity contribution in [1.82, 2.24) is 15.5 Å². The summed E-state index contributed by atoms with van der Waals surface area (Å²) in [5.74, 6) is 0.205. The Morgan fingerprint density at radius 3 is 2.32 bits per heavy atom. The molecule has 7 nitrogen and oxygen atoms in total. The van der Waals surface area contributed by atoms with Crippen LogP contribution in [0, 0.1) is 5.92 Å². The summed E-state index contributed by atoms with van der Waals surface area (Å²) in [7, 11) is 1.58. The zero-order valence-corrected chi connectivity index (χ0v) is 17.6. The van der Waals surface area contributed by atoms with Gasteiger partial charge in [-0.05, 0) is 44.0 Å². The summed E-state index contributed by atoms with van der Waals surface area (Å²) >= 11 is 0. The molecule has 156 valence electrons. The molecule has 2 N–H and O–H groups in total. The average Bonchev–Trinajstić information content (AvgIpc) is 2.70. The first-order chi connectivity index (χ1) is 13.2. The molecule has 1 heterocycles. The number of carbonyl (C=O) groups is 2. The van der Waals surface area contributed by atoms with Gasteiger partial charge in [0.25, 0.3) is 5.91 Å². The van der Waals surface area contributed by atoms with Crippen LogP contribution in [-0.2, 0) is 9.53 Å². The maximum atomic E-state index is 12.8. The number of ether oxygens (including phenoxy) is 2. The van der Waals surface area contributed by atoms with Gasteiger partial charge in [-0.3, -0.25) is 14.5 Å². The molecule has 7 heteroatoms. The fourth-order valence-electron chi connectivity index (χ4n) is 3.20. The van der Waals surface area contributed by atoms with E-state index in [0.29, 0.717) is 31.1 Å². The highest BCUT2D eigenvalue weighted by Crippen LogP contribution is 2.16. The highest BCUT2D eigenvalue weighted by atomic mass is 16.5. The normalized spacial score (nSPS) is 16.5. The monoisotopic (exact) mass is 391 g/mol. The van der Waals surface area contributed by atoms with Crippen molar-refractivity contribution in [3.63, 3.8) is 0 Å². The summed E-state index contributed by atoms with van der Waals surface area (Å²) in [5.41, 5.74) is 0.314. The van der Waals surface area contributed by atoms with E-state index in [4.69, 9.17) is 9.47 Å². The number of benzene rings is 1. The van der Waals surface area contributed by atoms with Gasteiger partial charge in [-0.15, -0.1) is 0 Å². The minimum Gasteiger partial charge on any atom is -0.497 e. The van der Waals surface area contributed by atoms with E-state index in [9.17, 15) is 9.59 Å². The Hall–Kier alpha value is -2.12. The number of amides is 2.